The highest BCUT2D eigenvalue weighted by atomic mass is 15.1. The van der Waals surface area contributed by atoms with E-state index in [0.29, 0.717) is 11.8 Å². The number of allylic oxidation sites excluding steroid dienone is 4. The fourth-order valence-electron chi connectivity index (χ4n) is 3.52. The SMILES string of the molecule is CC1C=C(c2ccc(N(c3ccccc3)c3ccccc3)cc2)C=C[C@@H]1C. The van der Waals surface area contributed by atoms with Crippen LogP contribution >= 0.6 is 0 Å². The number of rotatable bonds is 4. The second-order valence-corrected chi connectivity index (χ2v) is 7.25. The van der Waals surface area contributed by atoms with E-state index in [1.165, 1.54) is 11.1 Å². The molecule has 0 amide bonds. The van der Waals surface area contributed by atoms with Gasteiger partial charge in [0.05, 0.1) is 0 Å². The van der Waals surface area contributed by atoms with Crippen LogP contribution in [-0.4, -0.2) is 0 Å². The van der Waals surface area contributed by atoms with Crippen molar-refractivity contribution in [3.05, 3.63) is 109 Å². The minimum atomic E-state index is 0.579. The van der Waals surface area contributed by atoms with Crippen molar-refractivity contribution in [2.24, 2.45) is 11.8 Å². The van der Waals surface area contributed by atoms with Crippen LogP contribution in [0.15, 0.2) is 103 Å². The van der Waals surface area contributed by atoms with Crippen molar-refractivity contribution in [1.82, 2.24) is 0 Å². The van der Waals surface area contributed by atoms with Crippen molar-refractivity contribution in [3.63, 3.8) is 0 Å². The van der Waals surface area contributed by atoms with E-state index in [4.69, 9.17) is 0 Å². The first-order valence-corrected chi connectivity index (χ1v) is 9.63. The Bertz CT molecular complexity index is 897. The zero-order chi connectivity index (χ0) is 18.6. The van der Waals surface area contributed by atoms with E-state index in [2.05, 4.69) is 122 Å². The Morgan fingerprint density at radius 3 is 1.63 bits per heavy atom. The summed E-state index contributed by atoms with van der Waals surface area (Å²) in [4.78, 5) is 2.29. The second kappa shape index (κ2) is 7.67. The normalized spacial score (nSPS) is 18.8. The summed E-state index contributed by atoms with van der Waals surface area (Å²) >= 11 is 0. The van der Waals surface area contributed by atoms with E-state index in [-0.39, 0.29) is 0 Å². The summed E-state index contributed by atoms with van der Waals surface area (Å²) in [5.41, 5.74) is 6.08. The second-order valence-electron chi connectivity index (χ2n) is 7.25. The summed E-state index contributed by atoms with van der Waals surface area (Å²) < 4.78 is 0. The molecule has 3 aromatic carbocycles. The highest BCUT2D eigenvalue weighted by Gasteiger charge is 2.15. The summed E-state index contributed by atoms with van der Waals surface area (Å²) in [6.45, 7) is 4.56. The third-order valence-electron chi connectivity index (χ3n) is 5.34. The van der Waals surface area contributed by atoms with Crippen LogP contribution in [-0.2, 0) is 0 Å². The van der Waals surface area contributed by atoms with Crippen LogP contribution in [0.2, 0.25) is 0 Å². The lowest BCUT2D eigenvalue weighted by Crippen LogP contribution is -2.10. The number of anilines is 3. The van der Waals surface area contributed by atoms with Crippen molar-refractivity contribution in [2.75, 3.05) is 4.90 Å². The van der Waals surface area contributed by atoms with Crippen molar-refractivity contribution in [3.8, 4) is 0 Å². The molecule has 1 heteroatoms. The molecule has 1 aliphatic carbocycles. The largest absolute Gasteiger partial charge is 0.311 e. The molecule has 0 heterocycles. The average Bonchev–Trinajstić information content (AvgIpc) is 2.72. The van der Waals surface area contributed by atoms with Gasteiger partial charge in [0.15, 0.2) is 0 Å². The van der Waals surface area contributed by atoms with Crippen LogP contribution < -0.4 is 4.90 Å². The van der Waals surface area contributed by atoms with Crippen molar-refractivity contribution < 1.29 is 0 Å². The number of para-hydroxylation sites is 2. The zero-order valence-electron chi connectivity index (χ0n) is 15.9. The van der Waals surface area contributed by atoms with E-state index in [9.17, 15) is 0 Å². The summed E-state index contributed by atoms with van der Waals surface area (Å²) in [5, 5.41) is 0. The summed E-state index contributed by atoms with van der Waals surface area (Å²) in [6, 6.07) is 29.9. The molecule has 2 atom stereocenters. The summed E-state index contributed by atoms with van der Waals surface area (Å²) in [7, 11) is 0. The molecule has 3 aromatic rings. The Balaban J connectivity index is 1.70. The van der Waals surface area contributed by atoms with Gasteiger partial charge in [-0.05, 0) is 59.4 Å². The predicted molar refractivity (Wildman–Crippen MR) is 117 cm³/mol. The van der Waals surface area contributed by atoms with Gasteiger partial charge in [0.2, 0.25) is 0 Å². The Morgan fingerprint density at radius 2 is 1.11 bits per heavy atom. The van der Waals surface area contributed by atoms with Crippen molar-refractivity contribution in [2.45, 2.75) is 13.8 Å². The van der Waals surface area contributed by atoms with Gasteiger partial charge < -0.3 is 4.90 Å². The fraction of sp³-hybridized carbons (Fsp3) is 0.154. The van der Waals surface area contributed by atoms with E-state index in [1.807, 2.05) is 0 Å². The number of benzene rings is 3. The van der Waals surface area contributed by atoms with Gasteiger partial charge in [-0.1, -0.05) is 80.6 Å². The number of hydrogen-bond donors (Lipinski definition) is 0. The first-order chi connectivity index (χ1) is 13.2. The van der Waals surface area contributed by atoms with E-state index in [0.717, 1.165) is 17.1 Å². The molecule has 1 nitrogen and oxygen atoms in total. The third kappa shape index (κ3) is 3.73. The molecular weight excluding hydrogens is 326 g/mol. The predicted octanol–water partition coefficient (Wildman–Crippen LogP) is 7.38. The minimum Gasteiger partial charge on any atom is -0.311 e. The van der Waals surface area contributed by atoms with Gasteiger partial charge in [-0.25, -0.2) is 0 Å². The lowest BCUT2D eigenvalue weighted by atomic mass is 9.86. The Hall–Kier alpha value is -3.06. The molecule has 1 aliphatic rings. The first kappa shape index (κ1) is 17.4. The third-order valence-corrected chi connectivity index (χ3v) is 5.34. The van der Waals surface area contributed by atoms with Crippen LogP contribution in [0.1, 0.15) is 19.4 Å². The van der Waals surface area contributed by atoms with E-state index in [1.54, 1.807) is 0 Å². The van der Waals surface area contributed by atoms with Crippen molar-refractivity contribution >= 4 is 22.6 Å². The van der Waals surface area contributed by atoms with Gasteiger partial charge in [-0.3, -0.25) is 0 Å². The number of nitrogens with zero attached hydrogens (tertiary/aromatic N) is 1. The standard InChI is InChI=1S/C26H25N/c1-20-13-14-23(19-21(20)2)22-15-17-26(18-16-22)27(24-9-5-3-6-10-24)25-11-7-4-8-12-25/h3-21H,1-2H3/t20-,21?/m0/s1. The van der Waals surface area contributed by atoms with Crippen molar-refractivity contribution in [1.29, 1.82) is 0 Å². The maximum atomic E-state index is 2.38. The van der Waals surface area contributed by atoms with Crippen LogP contribution in [0.3, 0.4) is 0 Å². The summed E-state index contributed by atoms with van der Waals surface area (Å²) in [5.74, 6) is 1.19. The molecule has 0 aliphatic heterocycles. The molecule has 1 unspecified atom stereocenters. The smallest absolute Gasteiger partial charge is 0.0462 e. The van der Waals surface area contributed by atoms with Gasteiger partial charge in [0, 0.05) is 17.1 Å². The molecule has 0 saturated heterocycles. The zero-order valence-corrected chi connectivity index (χ0v) is 15.9. The molecule has 0 aromatic heterocycles. The lowest BCUT2D eigenvalue weighted by molar-refractivity contribution is 0.554. The maximum Gasteiger partial charge on any atom is 0.0462 e. The molecule has 0 saturated carbocycles. The van der Waals surface area contributed by atoms with Crippen LogP contribution in [0.25, 0.3) is 5.57 Å². The van der Waals surface area contributed by atoms with E-state index < -0.39 is 0 Å². The molecule has 0 radical (unpaired) electrons. The lowest BCUT2D eigenvalue weighted by Gasteiger charge is -2.26. The molecule has 134 valence electrons. The van der Waals surface area contributed by atoms with Gasteiger partial charge in [-0.2, -0.15) is 0 Å². The maximum absolute atomic E-state index is 2.38. The Morgan fingerprint density at radius 1 is 0.593 bits per heavy atom. The van der Waals surface area contributed by atoms with Gasteiger partial charge in [0.1, 0.15) is 0 Å². The highest BCUT2D eigenvalue weighted by molar-refractivity contribution is 5.80. The van der Waals surface area contributed by atoms with Gasteiger partial charge in [0.25, 0.3) is 0 Å². The van der Waals surface area contributed by atoms with E-state index >= 15 is 0 Å². The highest BCUT2D eigenvalue weighted by Crippen LogP contribution is 2.35. The Kier molecular flexibility index (Phi) is 4.93. The quantitative estimate of drug-likeness (QED) is 0.474. The Labute approximate surface area is 162 Å². The molecule has 0 N–H and O–H groups in total. The molecule has 0 spiro atoms. The topological polar surface area (TPSA) is 3.24 Å². The molecule has 0 fully saturated rings. The van der Waals surface area contributed by atoms with Crippen LogP contribution in [0, 0.1) is 11.8 Å². The monoisotopic (exact) mass is 351 g/mol. The van der Waals surface area contributed by atoms with Gasteiger partial charge in [-0.15, -0.1) is 0 Å². The summed E-state index contributed by atoms with van der Waals surface area (Å²) in [6.07, 6.45) is 6.95. The van der Waals surface area contributed by atoms with Crippen LogP contribution in [0.5, 0.6) is 0 Å². The van der Waals surface area contributed by atoms with Crippen LogP contribution in [0.4, 0.5) is 17.1 Å². The fourth-order valence-corrected chi connectivity index (χ4v) is 3.52. The molecule has 27 heavy (non-hydrogen) atoms. The number of hydrogen-bond acceptors (Lipinski definition) is 1. The molecular formula is C26H25N. The molecule has 4 rings (SSSR count). The minimum absolute atomic E-state index is 0.579. The average molecular weight is 351 g/mol. The van der Waals surface area contributed by atoms with Gasteiger partial charge >= 0.3 is 0 Å². The first-order valence-electron chi connectivity index (χ1n) is 9.63. The molecule has 0 bridgehead atoms.